The quantitative estimate of drug-likeness (QED) is 0.920. The first-order valence-electron chi connectivity index (χ1n) is 6.99. The maximum absolute atomic E-state index is 5.31. The molecule has 0 radical (unpaired) electrons. The highest BCUT2D eigenvalue weighted by atomic mass is 35.5. The van der Waals surface area contributed by atoms with Crippen molar-refractivity contribution >= 4 is 12.4 Å². The Hall–Kier alpha value is -1.39. The monoisotopic (exact) mass is 293 g/mol. The standard InChI is InChI=1S/C15H19N3O.ClH/c1-2-5-12(6-3-1)8-9-14-17-15(19-18-14)11-13-7-4-10-16-13;/h1-3,5-6,13,16H,4,7-11H2;1H. The van der Waals surface area contributed by atoms with Crippen molar-refractivity contribution in [2.75, 3.05) is 6.54 Å². The third-order valence-electron chi connectivity index (χ3n) is 3.57. The number of hydrogen-bond acceptors (Lipinski definition) is 4. The second-order valence-electron chi connectivity index (χ2n) is 5.09. The zero-order valence-electron chi connectivity index (χ0n) is 11.4. The Morgan fingerprint density at radius 3 is 2.80 bits per heavy atom. The number of aryl methyl sites for hydroxylation is 2. The molecule has 0 spiro atoms. The van der Waals surface area contributed by atoms with Crippen LogP contribution in [0.1, 0.15) is 30.1 Å². The van der Waals surface area contributed by atoms with Crippen LogP contribution in [0.3, 0.4) is 0 Å². The van der Waals surface area contributed by atoms with E-state index in [1.807, 2.05) is 6.07 Å². The van der Waals surface area contributed by atoms with Crippen LogP contribution in [0.5, 0.6) is 0 Å². The van der Waals surface area contributed by atoms with Gasteiger partial charge < -0.3 is 9.84 Å². The molecule has 1 aliphatic rings. The van der Waals surface area contributed by atoms with Crippen LogP contribution in [0.25, 0.3) is 0 Å². The molecule has 1 unspecified atom stereocenters. The topological polar surface area (TPSA) is 51.0 Å². The van der Waals surface area contributed by atoms with E-state index >= 15 is 0 Å². The van der Waals surface area contributed by atoms with E-state index in [0.717, 1.165) is 37.5 Å². The summed E-state index contributed by atoms with van der Waals surface area (Å²) in [6.07, 6.45) is 5.12. The Kier molecular flexibility index (Phi) is 5.56. The van der Waals surface area contributed by atoms with Crippen molar-refractivity contribution in [3.8, 4) is 0 Å². The average molecular weight is 294 g/mol. The number of nitrogens with one attached hydrogen (secondary N) is 1. The van der Waals surface area contributed by atoms with E-state index in [4.69, 9.17) is 4.52 Å². The van der Waals surface area contributed by atoms with E-state index in [9.17, 15) is 0 Å². The molecular formula is C15H20ClN3O. The molecule has 2 aromatic rings. The predicted octanol–water partition coefficient (Wildman–Crippen LogP) is 2.57. The van der Waals surface area contributed by atoms with Gasteiger partial charge in [0, 0.05) is 18.9 Å². The molecule has 1 atom stereocenters. The average Bonchev–Trinajstić information content (AvgIpc) is 3.10. The summed E-state index contributed by atoms with van der Waals surface area (Å²) in [5.41, 5.74) is 1.31. The molecule has 1 aliphatic heterocycles. The lowest BCUT2D eigenvalue weighted by molar-refractivity contribution is 0.359. The van der Waals surface area contributed by atoms with Gasteiger partial charge in [0.05, 0.1) is 0 Å². The molecule has 3 rings (SSSR count). The third kappa shape index (κ3) is 4.05. The molecule has 20 heavy (non-hydrogen) atoms. The number of nitrogens with zero attached hydrogens (tertiary/aromatic N) is 2. The molecule has 4 nitrogen and oxygen atoms in total. The summed E-state index contributed by atoms with van der Waals surface area (Å²) < 4.78 is 5.31. The lowest BCUT2D eigenvalue weighted by Crippen LogP contribution is -2.23. The van der Waals surface area contributed by atoms with Crippen molar-refractivity contribution in [1.29, 1.82) is 0 Å². The smallest absolute Gasteiger partial charge is 0.228 e. The molecule has 108 valence electrons. The number of hydrogen-bond donors (Lipinski definition) is 1. The largest absolute Gasteiger partial charge is 0.339 e. The van der Waals surface area contributed by atoms with E-state index in [2.05, 4.69) is 39.7 Å². The van der Waals surface area contributed by atoms with Gasteiger partial charge in [-0.15, -0.1) is 12.4 Å². The van der Waals surface area contributed by atoms with Crippen molar-refractivity contribution in [3.05, 3.63) is 47.6 Å². The van der Waals surface area contributed by atoms with Gasteiger partial charge in [0.25, 0.3) is 0 Å². The molecule has 5 heteroatoms. The summed E-state index contributed by atoms with van der Waals surface area (Å²) in [5, 5.41) is 7.50. The Bertz CT molecular complexity index is 509. The Labute approximate surface area is 125 Å². The molecule has 0 saturated carbocycles. The predicted molar refractivity (Wildman–Crippen MR) is 80.1 cm³/mol. The summed E-state index contributed by atoms with van der Waals surface area (Å²) >= 11 is 0. The summed E-state index contributed by atoms with van der Waals surface area (Å²) in [4.78, 5) is 4.47. The minimum atomic E-state index is 0. The van der Waals surface area contributed by atoms with E-state index in [0.29, 0.717) is 6.04 Å². The van der Waals surface area contributed by atoms with Crippen LogP contribution in [-0.4, -0.2) is 22.7 Å². The maximum atomic E-state index is 5.31. The lowest BCUT2D eigenvalue weighted by Gasteiger charge is -2.04. The van der Waals surface area contributed by atoms with Gasteiger partial charge in [-0.1, -0.05) is 35.5 Å². The molecule has 1 saturated heterocycles. The number of rotatable bonds is 5. The maximum Gasteiger partial charge on any atom is 0.228 e. The lowest BCUT2D eigenvalue weighted by atomic mass is 10.1. The van der Waals surface area contributed by atoms with Crippen LogP contribution in [-0.2, 0) is 19.3 Å². The minimum Gasteiger partial charge on any atom is -0.339 e. The number of aromatic nitrogens is 2. The molecular weight excluding hydrogens is 274 g/mol. The van der Waals surface area contributed by atoms with E-state index in [-0.39, 0.29) is 12.4 Å². The SMILES string of the molecule is Cl.c1ccc(CCc2noc(CC3CCCN3)n2)cc1. The Morgan fingerprint density at radius 2 is 2.05 bits per heavy atom. The summed E-state index contributed by atoms with van der Waals surface area (Å²) in [6.45, 7) is 1.11. The van der Waals surface area contributed by atoms with Gasteiger partial charge in [0.15, 0.2) is 5.82 Å². The van der Waals surface area contributed by atoms with Gasteiger partial charge in [-0.05, 0) is 31.4 Å². The van der Waals surface area contributed by atoms with Crippen molar-refractivity contribution in [3.63, 3.8) is 0 Å². The fourth-order valence-electron chi connectivity index (χ4n) is 2.52. The molecule has 1 aromatic carbocycles. The van der Waals surface area contributed by atoms with Crippen molar-refractivity contribution in [2.45, 2.75) is 38.1 Å². The molecule has 1 aromatic heterocycles. The molecule has 1 fully saturated rings. The highest BCUT2D eigenvalue weighted by Gasteiger charge is 2.17. The van der Waals surface area contributed by atoms with Crippen LogP contribution in [0.4, 0.5) is 0 Å². The van der Waals surface area contributed by atoms with Crippen molar-refractivity contribution in [2.24, 2.45) is 0 Å². The number of benzene rings is 1. The normalized spacial score (nSPS) is 17.9. The second kappa shape index (κ2) is 7.41. The van der Waals surface area contributed by atoms with Crippen LogP contribution in [0.2, 0.25) is 0 Å². The van der Waals surface area contributed by atoms with Gasteiger partial charge in [0.1, 0.15) is 0 Å². The summed E-state index contributed by atoms with van der Waals surface area (Å²) in [7, 11) is 0. The summed E-state index contributed by atoms with van der Waals surface area (Å²) in [5.74, 6) is 1.58. The summed E-state index contributed by atoms with van der Waals surface area (Å²) in [6, 6.07) is 10.9. The van der Waals surface area contributed by atoms with E-state index in [1.54, 1.807) is 0 Å². The van der Waals surface area contributed by atoms with Crippen LogP contribution in [0.15, 0.2) is 34.9 Å². The van der Waals surface area contributed by atoms with Crippen LogP contribution in [0, 0.1) is 0 Å². The highest BCUT2D eigenvalue weighted by Crippen LogP contribution is 2.11. The van der Waals surface area contributed by atoms with Gasteiger partial charge in [-0.25, -0.2) is 0 Å². The van der Waals surface area contributed by atoms with E-state index < -0.39 is 0 Å². The van der Waals surface area contributed by atoms with E-state index in [1.165, 1.54) is 18.4 Å². The fraction of sp³-hybridized carbons (Fsp3) is 0.467. The highest BCUT2D eigenvalue weighted by molar-refractivity contribution is 5.85. The van der Waals surface area contributed by atoms with Gasteiger partial charge >= 0.3 is 0 Å². The molecule has 1 N–H and O–H groups in total. The molecule has 2 heterocycles. The van der Waals surface area contributed by atoms with Gasteiger partial charge in [-0.3, -0.25) is 0 Å². The zero-order valence-corrected chi connectivity index (χ0v) is 12.2. The first-order valence-corrected chi connectivity index (χ1v) is 6.99. The van der Waals surface area contributed by atoms with Crippen molar-refractivity contribution in [1.82, 2.24) is 15.5 Å². The second-order valence-corrected chi connectivity index (χ2v) is 5.09. The Morgan fingerprint density at radius 1 is 1.20 bits per heavy atom. The van der Waals surface area contributed by atoms with Crippen LogP contribution >= 0.6 is 12.4 Å². The Balaban J connectivity index is 0.00000147. The number of halogens is 1. The molecule has 0 aliphatic carbocycles. The van der Waals surface area contributed by atoms with Gasteiger partial charge in [-0.2, -0.15) is 4.98 Å². The first-order chi connectivity index (χ1) is 9.40. The fourth-order valence-corrected chi connectivity index (χ4v) is 2.52. The van der Waals surface area contributed by atoms with Crippen molar-refractivity contribution < 1.29 is 4.52 Å². The van der Waals surface area contributed by atoms with Crippen LogP contribution < -0.4 is 5.32 Å². The zero-order chi connectivity index (χ0) is 12.9. The van der Waals surface area contributed by atoms with Gasteiger partial charge in [0.2, 0.25) is 5.89 Å². The first kappa shape index (κ1) is 15.0. The third-order valence-corrected chi connectivity index (χ3v) is 3.57. The molecule has 0 amide bonds. The minimum absolute atomic E-state index is 0. The molecule has 0 bridgehead atoms.